The maximum Gasteiger partial charge on any atom is 0.228 e. The number of hydrogen-bond donors (Lipinski definition) is 0. The number of pyridine rings is 1. The van der Waals surface area contributed by atoms with Gasteiger partial charge in [0, 0.05) is 24.2 Å². The second-order valence-electron chi connectivity index (χ2n) is 5.56. The molecule has 110 valence electrons. The summed E-state index contributed by atoms with van der Waals surface area (Å²) in [4.78, 5) is 9.11. The summed E-state index contributed by atoms with van der Waals surface area (Å²) in [5.74, 6) is 2.00. The number of fused-ring (bicyclic) bond motifs is 1. The molecule has 2 heterocycles. The van der Waals surface area contributed by atoms with Crippen molar-refractivity contribution in [2.75, 3.05) is 0 Å². The zero-order valence-electron chi connectivity index (χ0n) is 12.0. The first-order valence-electron chi connectivity index (χ1n) is 7.45. The lowest BCUT2D eigenvalue weighted by atomic mass is 9.88. The third-order valence-corrected chi connectivity index (χ3v) is 4.48. The number of aryl methyl sites for hydroxylation is 1. The van der Waals surface area contributed by atoms with Gasteiger partial charge in [-0.25, -0.2) is 4.98 Å². The molecule has 4 rings (SSSR count). The third-order valence-electron chi connectivity index (χ3n) is 4.15. The van der Waals surface area contributed by atoms with Gasteiger partial charge in [-0.1, -0.05) is 29.8 Å². The van der Waals surface area contributed by atoms with E-state index in [-0.39, 0.29) is 0 Å². The molecule has 3 nitrogen and oxygen atoms in total. The monoisotopic (exact) mass is 310 g/mol. The Bertz CT molecular complexity index is 798. The number of oxazole rings is 1. The smallest absolute Gasteiger partial charge is 0.228 e. The van der Waals surface area contributed by atoms with Crippen LogP contribution in [0.3, 0.4) is 0 Å². The summed E-state index contributed by atoms with van der Waals surface area (Å²) < 4.78 is 6.00. The summed E-state index contributed by atoms with van der Waals surface area (Å²) in [6, 6.07) is 13.7. The average molecular weight is 311 g/mol. The minimum Gasteiger partial charge on any atom is -0.441 e. The fourth-order valence-electron chi connectivity index (χ4n) is 2.99. The van der Waals surface area contributed by atoms with E-state index in [9.17, 15) is 0 Å². The molecule has 4 heteroatoms. The lowest BCUT2D eigenvalue weighted by molar-refractivity contribution is 0.454. The molecule has 0 bridgehead atoms. The van der Waals surface area contributed by atoms with E-state index >= 15 is 0 Å². The lowest BCUT2D eigenvalue weighted by Gasteiger charge is -2.19. The Kier molecular flexibility index (Phi) is 3.43. The van der Waals surface area contributed by atoms with Crippen molar-refractivity contribution >= 4 is 11.6 Å². The number of aromatic nitrogens is 2. The topological polar surface area (TPSA) is 38.9 Å². The maximum absolute atomic E-state index is 6.24. The number of benzene rings is 1. The van der Waals surface area contributed by atoms with Gasteiger partial charge in [-0.15, -0.1) is 0 Å². The van der Waals surface area contributed by atoms with Gasteiger partial charge in [0.05, 0.1) is 16.3 Å². The molecule has 1 aliphatic carbocycles. The zero-order valence-corrected chi connectivity index (χ0v) is 12.8. The Labute approximate surface area is 134 Å². The van der Waals surface area contributed by atoms with Crippen molar-refractivity contribution in [2.24, 2.45) is 0 Å². The number of rotatable bonds is 2. The molecule has 0 N–H and O–H groups in total. The van der Waals surface area contributed by atoms with E-state index in [2.05, 4.69) is 16.0 Å². The van der Waals surface area contributed by atoms with Crippen LogP contribution in [-0.4, -0.2) is 9.97 Å². The molecule has 1 unspecified atom stereocenters. The van der Waals surface area contributed by atoms with Gasteiger partial charge in [0.25, 0.3) is 0 Å². The van der Waals surface area contributed by atoms with E-state index in [0.29, 0.717) is 16.8 Å². The van der Waals surface area contributed by atoms with Crippen molar-refractivity contribution in [1.82, 2.24) is 9.97 Å². The van der Waals surface area contributed by atoms with Crippen LogP contribution in [0.5, 0.6) is 0 Å². The largest absolute Gasteiger partial charge is 0.441 e. The van der Waals surface area contributed by atoms with E-state index < -0.39 is 0 Å². The quantitative estimate of drug-likeness (QED) is 0.691. The lowest BCUT2D eigenvalue weighted by Crippen LogP contribution is -2.12. The molecule has 0 aliphatic heterocycles. The van der Waals surface area contributed by atoms with Crippen LogP contribution in [0.15, 0.2) is 53.1 Å². The van der Waals surface area contributed by atoms with Gasteiger partial charge >= 0.3 is 0 Å². The molecule has 0 amide bonds. The van der Waals surface area contributed by atoms with E-state index in [1.54, 1.807) is 0 Å². The highest BCUT2D eigenvalue weighted by Gasteiger charge is 2.26. The molecular formula is C18H15ClN2O. The number of hydrogen-bond acceptors (Lipinski definition) is 3. The fraction of sp³-hybridized carbons (Fsp3) is 0.222. The van der Waals surface area contributed by atoms with Crippen molar-refractivity contribution in [2.45, 2.75) is 25.2 Å². The van der Waals surface area contributed by atoms with Crippen LogP contribution in [0, 0.1) is 0 Å². The van der Waals surface area contributed by atoms with Gasteiger partial charge in [-0.2, -0.15) is 0 Å². The summed E-state index contributed by atoms with van der Waals surface area (Å²) in [5, 5.41) is 0.669. The summed E-state index contributed by atoms with van der Waals surface area (Å²) in [7, 11) is 0. The zero-order chi connectivity index (χ0) is 14.9. The van der Waals surface area contributed by atoms with Crippen molar-refractivity contribution in [3.63, 3.8) is 0 Å². The Hall–Kier alpha value is -2.13. The van der Waals surface area contributed by atoms with Crippen LogP contribution in [0.4, 0.5) is 0 Å². The van der Waals surface area contributed by atoms with Gasteiger partial charge in [0.15, 0.2) is 0 Å². The average Bonchev–Trinajstić information content (AvgIpc) is 2.99. The normalized spacial score (nSPS) is 17.2. The Morgan fingerprint density at radius 1 is 1.09 bits per heavy atom. The van der Waals surface area contributed by atoms with E-state index in [4.69, 9.17) is 16.0 Å². The van der Waals surface area contributed by atoms with Crippen LogP contribution in [0.2, 0.25) is 5.02 Å². The van der Waals surface area contributed by atoms with Crippen molar-refractivity contribution in [3.8, 4) is 11.5 Å². The second kappa shape index (κ2) is 5.58. The molecule has 1 atom stereocenters. The van der Waals surface area contributed by atoms with Crippen molar-refractivity contribution < 1.29 is 4.42 Å². The molecule has 3 aromatic rings. The molecule has 0 radical (unpaired) electrons. The van der Waals surface area contributed by atoms with Crippen LogP contribution in [-0.2, 0) is 12.8 Å². The Balaban J connectivity index is 1.65. The van der Waals surface area contributed by atoms with Crippen LogP contribution >= 0.6 is 11.6 Å². The number of halogens is 1. The highest BCUT2D eigenvalue weighted by molar-refractivity contribution is 6.33. The predicted octanol–water partition coefficient (Wildman–Crippen LogP) is 4.66. The SMILES string of the molecule is Clc1ccccc1-c1nc2c(o1)CC(c1ccccn1)CC2. The summed E-state index contributed by atoms with van der Waals surface area (Å²) in [6.07, 6.45) is 4.67. The Morgan fingerprint density at radius 2 is 1.95 bits per heavy atom. The standard InChI is InChI=1S/C18H15ClN2O/c19-14-6-2-1-5-13(14)18-21-16-9-8-12(11-17(16)22-18)15-7-3-4-10-20-15/h1-7,10,12H,8-9,11H2. The first-order valence-corrected chi connectivity index (χ1v) is 7.83. The van der Waals surface area contributed by atoms with Gasteiger partial charge in [-0.05, 0) is 37.1 Å². The maximum atomic E-state index is 6.24. The van der Waals surface area contributed by atoms with Crippen molar-refractivity contribution in [3.05, 3.63) is 70.8 Å². The summed E-state index contributed by atoms with van der Waals surface area (Å²) in [6.45, 7) is 0. The molecule has 0 fully saturated rings. The Morgan fingerprint density at radius 3 is 2.77 bits per heavy atom. The van der Waals surface area contributed by atoms with Crippen LogP contribution in [0.1, 0.15) is 29.5 Å². The van der Waals surface area contributed by atoms with E-state index in [0.717, 1.165) is 42.0 Å². The van der Waals surface area contributed by atoms with E-state index in [1.807, 2.05) is 42.6 Å². The van der Waals surface area contributed by atoms with Crippen molar-refractivity contribution in [1.29, 1.82) is 0 Å². The molecule has 22 heavy (non-hydrogen) atoms. The number of nitrogens with zero attached hydrogens (tertiary/aromatic N) is 2. The third kappa shape index (κ3) is 2.42. The molecule has 2 aromatic heterocycles. The summed E-state index contributed by atoms with van der Waals surface area (Å²) in [5.41, 5.74) is 3.04. The summed E-state index contributed by atoms with van der Waals surface area (Å²) >= 11 is 6.24. The first kappa shape index (κ1) is 13.5. The minimum atomic E-state index is 0.403. The molecule has 0 saturated carbocycles. The molecule has 1 aromatic carbocycles. The molecule has 0 saturated heterocycles. The van der Waals surface area contributed by atoms with E-state index in [1.165, 1.54) is 0 Å². The predicted molar refractivity (Wildman–Crippen MR) is 86.0 cm³/mol. The van der Waals surface area contributed by atoms with Gasteiger partial charge in [-0.3, -0.25) is 4.98 Å². The van der Waals surface area contributed by atoms with Crippen LogP contribution in [0.25, 0.3) is 11.5 Å². The minimum absolute atomic E-state index is 0.403. The molecule has 0 spiro atoms. The molecular weight excluding hydrogens is 296 g/mol. The van der Waals surface area contributed by atoms with Crippen LogP contribution < -0.4 is 0 Å². The molecule has 1 aliphatic rings. The fourth-order valence-corrected chi connectivity index (χ4v) is 3.21. The highest BCUT2D eigenvalue weighted by Crippen LogP contribution is 2.35. The van der Waals surface area contributed by atoms with Gasteiger partial charge in [0.1, 0.15) is 5.76 Å². The van der Waals surface area contributed by atoms with Gasteiger partial charge in [0.2, 0.25) is 5.89 Å². The van der Waals surface area contributed by atoms with Gasteiger partial charge < -0.3 is 4.42 Å². The first-order chi connectivity index (χ1) is 10.8. The second-order valence-corrected chi connectivity index (χ2v) is 5.97. The highest BCUT2D eigenvalue weighted by atomic mass is 35.5.